The van der Waals surface area contributed by atoms with E-state index in [4.69, 9.17) is 23.7 Å². The van der Waals surface area contributed by atoms with Gasteiger partial charge in [0.2, 0.25) is 0 Å². The Kier molecular flexibility index (Phi) is 15.6. The van der Waals surface area contributed by atoms with Gasteiger partial charge in [-0.2, -0.15) is 0 Å². The zero-order chi connectivity index (χ0) is 72.4. The quantitative estimate of drug-likeness (QED) is 0.138. The number of pyridine rings is 3. The van der Waals surface area contributed by atoms with E-state index < -0.39 is 0 Å². The van der Waals surface area contributed by atoms with Crippen LogP contribution in [0.1, 0.15) is 223 Å². The first-order valence-electron chi connectivity index (χ1n) is 42.1. The zero-order valence-corrected chi connectivity index (χ0v) is 64.9. The Balaban J connectivity index is 0.000000103. The first-order valence-corrected chi connectivity index (χ1v) is 42.1. The molecule has 3 aromatic carbocycles. The molecule has 11 heterocycles. The van der Waals surface area contributed by atoms with Gasteiger partial charge in [-0.05, 0) is 310 Å². The molecule has 558 valence electrons. The van der Waals surface area contributed by atoms with Gasteiger partial charge in [-0.1, -0.05) is 107 Å². The molecule has 0 N–H and O–H groups in total. The van der Waals surface area contributed by atoms with Crippen LogP contribution < -0.4 is 0 Å². The number of hydrogen-bond acceptors (Lipinski definition) is 11. The van der Waals surface area contributed by atoms with Crippen molar-refractivity contribution in [1.82, 2.24) is 24.8 Å². The van der Waals surface area contributed by atoms with Crippen molar-refractivity contribution in [3.63, 3.8) is 0 Å². The molecule has 6 aromatic rings. The molecule has 3 aromatic heterocycles. The van der Waals surface area contributed by atoms with E-state index in [2.05, 4.69) is 183 Å². The van der Waals surface area contributed by atoms with E-state index in [-0.39, 0.29) is 49.9 Å². The molecule has 8 aliphatic heterocycles. The van der Waals surface area contributed by atoms with E-state index in [1.165, 1.54) is 161 Å². The summed E-state index contributed by atoms with van der Waals surface area (Å²) in [6.45, 7) is 18.3. The van der Waals surface area contributed by atoms with Gasteiger partial charge in [0.15, 0.2) is 0 Å². The van der Waals surface area contributed by atoms with Crippen LogP contribution in [0.3, 0.4) is 0 Å². The molecule has 5 saturated heterocycles. The van der Waals surface area contributed by atoms with Crippen molar-refractivity contribution in [1.29, 1.82) is 0 Å². The summed E-state index contributed by atoms with van der Waals surface area (Å²) >= 11 is 0. The third kappa shape index (κ3) is 10.3. The van der Waals surface area contributed by atoms with Crippen LogP contribution in [-0.4, -0.2) is 130 Å². The van der Waals surface area contributed by atoms with E-state index >= 15 is 0 Å². The second-order valence-corrected chi connectivity index (χ2v) is 39.5. The Labute approximate surface area is 634 Å². The van der Waals surface area contributed by atoms with Crippen molar-refractivity contribution in [2.45, 2.75) is 252 Å². The third-order valence-electron chi connectivity index (χ3n) is 33.3. The number of ether oxygens (including phenoxy) is 5. The van der Waals surface area contributed by atoms with E-state index in [9.17, 15) is 4.79 Å². The molecule has 3 unspecified atom stereocenters. The highest BCUT2D eigenvalue weighted by Gasteiger charge is 2.70. The fourth-order valence-corrected chi connectivity index (χ4v) is 27.9. The topological polar surface area (TPSA) is 108 Å². The number of benzene rings is 3. The Bertz CT molecular complexity index is 4660. The van der Waals surface area contributed by atoms with Gasteiger partial charge >= 0.3 is 0 Å². The number of rotatable bonds is 9. The SMILES string of the molecule is CN(CC1(C)COC1)[C@@H]1CCC2=CC3=CC[C@]4(C)[C@@H](c5ccc6ccncc6c5)CC[C@H]4C34CC[C@]2(C1)O4.CN(CC1(C)COC1)[C@H]1CCC2=CC3=CC[C@]4(C)[C@@H](c5ccc6ccncc6c5)CC[C@H]4C34CC[C@]2(C1)O4.C[C@]12CC=C3C=C4CCC(=O)C[C@]45CCC3(O5)[C@@H]1CC[C@@H]2c1ccc2ccncc2c1. The number of Topliss-reactive ketones (excluding diaryl/α,β-unsaturated/α-hetero) is 1. The van der Waals surface area contributed by atoms with Crippen LogP contribution in [0.4, 0.5) is 0 Å². The molecule has 11 heteroatoms. The predicted octanol–water partition coefficient (Wildman–Crippen LogP) is 19.7. The predicted molar refractivity (Wildman–Crippen MR) is 423 cm³/mol. The van der Waals surface area contributed by atoms with Crippen LogP contribution in [0.5, 0.6) is 0 Å². The fourth-order valence-electron chi connectivity index (χ4n) is 27.9. The smallest absolute Gasteiger partial charge is 0.136 e. The summed E-state index contributed by atoms with van der Waals surface area (Å²) in [6, 6.07) is 28.7. The lowest BCUT2D eigenvalue weighted by molar-refractivity contribution is -0.147. The van der Waals surface area contributed by atoms with Gasteiger partial charge in [-0.15, -0.1) is 0 Å². The van der Waals surface area contributed by atoms with Crippen LogP contribution in [0, 0.1) is 44.8 Å². The molecular formula is C96H113N5O6. The lowest BCUT2D eigenvalue weighted by atomic mass is 9.58. The van der Waals surface area contributed by atoms with Crippen LogP contribution >= 0.6 is 0 Å². The average Bonchev–Trinajstić information content (AvgIpc) is 1.56. The maximum absolute atomic E-state index is 12.4. The number of carbonyl (C=O) groups excluding carboxylic acids is 1. The molecule has 6 saturated carbocycles. The number of nitrogens with zero attached hydrogens (tertiary/aromatic N) is 5. The summed E-state index contributed by atoms with van der Waals surface area (Å²) in [5.74, 6) is 3.76. The molecule has 107 heavy (non-hydrogen) atoms. The van der Waals surface area contributed by atoms with Crippen molar-refractivity contribution < 1.29 is 28.5 Å². The summed E-state index contributed by atoms with van der Waals surface area (Å²) in [4.78, 5) is 30.8. The summed E-state index contributed by atoms with van der Waals surface area (Å²) in [6.07, 6.45) is 54.2. The van der Waals surface area contributed by atoms with Gasteiger partial charge in [-0.3, -0.25) is 19.7 Å². The first kappa shape index (κ1) is 68.7. The van der Waals surface area contributed by atoms with E-state index in [0.717, 1.165) is 90.9 Å². The number of ketones is 1. The summed E-state index contributed by atoms with van der Waals surface area (Å²) in [7, 11) is 4.69. The molecule has 17 atom stereocenters. The molecule has 0 amide bonds. The molecule has 11 fully saturated rings. The van der Waals surface area contributed by atoms with Crippen molar-refractivity contribution in [2.75, 3.05) is 53.6 Å². The van der Waals surface area contributed by atoms with Gasteiger partial charge in [-0.25, -0.2) is 0 Å². The minimum absolute atomic E-state index is 0.0451. The van der Waals surface area contributed by atoms with Crippen LogP contribution in [0.25, 0.3) is 32.3 Å². The van der Waals surface area contributed by atoms with Crippen molar-refractivity contribution in [3.05, 3.63) is 197 Å². The molecule has 6 bridgehead atoms. The van der Waals surface area contributed by atoms with E-state index in [0.29, 0.717) is 77.0 Å². The van der Waals surface area contributed by atoms with Crippen molar-refractivity contribution in [3.8, 4) is 0 Å². The molecule has 11 nitrogen and oxygen atoms in total. The summed E-state index contributed by atoms with van der Waals surface area (Å²) in [5.41, 5.74) is 14.1. The minimum atomic E-state index is -0.294. The third-order valence-corrected chi connectivity index (χ3v) is 33.3. The lowest BCUT2D eigenvalue weighted by Crippen LogP contribution is -2.56. The van der Waals surface area contributed by atoms with Gasteiger partial charge in [0.25, 0.3) is 0 Å². The van der Waals surface area contributed by atoms with Gasteiger partial charge in [0, 0.05) is 102 Å². The lowest BCUT2D eigenvalue weighted by Gasteiger charge is -2.55. The van der Waals surface area contributed by atoms with Gasteiger partial charge < -0.3 is 33.5 Å². The van der Waals surface area contributed by atoms with Crippen molar-refractivity contribution in [2.24, 2.45) is 44.8 Å². The number of carbonyl (C=O) groups is 1. The Morgan fingerprint density at radius 1 is 0.411 bits per heavy atom. The summed E-state index contributed by atoms with van der Waals surface area (Å²) < 4.78 is 33.4. The standard InChI is InChI=1S/2C34H42N2O2.C28H29NO2/c2*1-31(21-37-22-31)20-36(3)28-7-6-26-17-27-10-12-32(2)29(24-5-4-23-11-15-35-19-25(23)16-24)8-9-30(32)34(27)14-13-33(26,18-28)38-34;1-26-10-8-22-15-21-4-5-23(30)16-27(21)11-12-28(22,31-27)25(26)7-6-24(26)19-3-2-18-9-13-29-17-20(18)14-19/h2*4-5,10-11,15-17,19,28-30H,6-9,12-14,18,20-22H2,1-3H3;2-3,8-9,13-15,17,24-25H,4-7,10-12,16H2,1H3/t28-,29+,30+,32+,33+,34?;28-,29-,30-,32-,33-,34?;24-,25-,26-,27-,28?/m011/s1. The molecule has 6 spiro atoms. The van der Waals surface area contributed by atoms with Crippen LogP contribution in [-0.2, 0) is 28.5 Å². The molecular weight excluding hydrogens is 1320 g/mol. The van der Waals surface area contributed by atoms with Gasteiger partial charge in [0.1, 0.15) is 5.78 Å². The number of aromatic nitrogens is 3. The second-order valence-electron chi connectivity index (χ2n) is 39.5. The number of allylic oxidation sites excluding steroid dienone is 3. The first-order chi connectivity index (χ1) is 51.7. The largest absolute Gasteiger partial charge is 0.380 e. The highest BCUT2D eigenvalue weighted by atomic mass is 16.5. The van der Waals surface area contributed by atoms with Gasteiger partial charge in [0.05, 0.1) is 60.0 Å². The Hall–Kier alpha value is -6.28. The van der Waals surface area contributed by atoms with Crippen LogP contribution in [0.2, 0.25) is 0 Å². The second kappa shape index (κ2) is 24.4. The average molecular weight is 1430 g/mol. The normalized spacial score (nSPS) is 40.7. The molecule has 17 aliphatic rings. The number of fused-ring (bicyclic) bond motifs is 6. The van der Waals surface area contributed by atoms with Crippen LogP contribution in [0.15, 0.2) is 180 Å². The van der Waals surface area contributed by atoms with E-state index in [1.807, 2.05) is 37.2 Å². The Morgan fingerprint density at radius 2 is 0.776 bits per heavy atom. The highest BCUT2D eigenvalue weighted by Crippen LogP contribution is 2.73. The molecule has 23 rings (SSSR count). The van der Waals surface area contributed by atoms with Crippen molar-refractivity contribution >= 4 is 38.1 Å². The summed E-state index contributed by atoms with van der Waals surface area (Å²) in [5, 5.41) is 7.60. The van der Waals surface area contributed by atoms with E-state index in [1.54, 1.807) is 11.1 Å². The fraction of sp³-hybridized carbons (Fsp3) is 0.583. The minimum Gasteiger partial charge on any atom is -0.380 e. The Morgan fingerprint density at radius 3 is 1.15 bits per heavy atom. The highest BCUT2D eigenvalue weighted by molar-refractivity contribution is 5.85. The number of hydrogen-bond donors (Lipinski definition) is 0. The maximum atomic E-state index is 12.4. The molecule has 0 radical (unpaired) electrons. The molecule has 9 aliphatic carbocycles. The zero-order valence-electron chi connectivity index (χ0n) is 64.9. The monoisotopic (exact) mass is 1430 g/mol. The maximum Gasteiger partial charge on any atom is 0.136 e.